The van der Waals surface area contributed by atoms with Crippen LogP contribution in [0.4, 0.5) is 5.95 Å². The first-order chi connectivity index (χ1) is 10.1. The highest BCUT2D eigenvalue weighted by molar-refractivity contribution is 5.70. The largest absolute Gasteiger partial charge is 0.379 e. The number of aromatic nitrogens is 4. The molecule has 3 heterocycles. The predicted octanol–water partition coefficient (Wildman–Crippen LogP) is -0.407. The van der Waals surface area contributed by atoms with Crippen molar-refractivity contribution >= 4 is 23.4 Å². The number of hydrogen-bond donors (Lipinski definition) is 2. The highest BCUT2D eigenvalue weighted by Gasteiger charge is 2.36. The fourth-order valence-corrected chi connectivity index (χ4v) is 2.58. The number of rotatable bonds is 4. The molecular weight excluding hydrogens is 278 g/mol. The molecule has 0 bridgehead atoms. The summed E-state index contributed by atoms with van der Waals surface area (Å²) in [4.78, 5) is 33.0. The van der Waals surface area contributed by atoms with Gasteiger partial charge in [0.05, 0.1) is 18.5 Å². The summed E-state index contributed by atoms with van der Waals surface area (Å²) < 4.78 is 12.8. The molecule has 1 saturated heterocycles. The van der Waals surface area contributed by atoms with Crippen molar-refractivity contribution in [2.24, 2.45) is 0 Å². The van der Waals surface area contributed by atoms with Crippen LogP contribution in [0.2, 0.25) is 0 Å². The molecule has 1 aliphatic heterocycles. The molecule has 0 aromatic carbocycles. The number of nitrogens with zero attached hydrogens (tertiary/aromatic N) is 3. The van der Waals surface area contributed by atoms with Crippen molar-refractivity contribution in [1.29, 1.82) is 0 Å². The Bertz CT molecular complexity index is 724. The van der Waals surface area contributed by atoms with Crippen LogP contribution in [0.5, 0.6) is 0 Å². The van der Waals surface area contributed by atoms with E-state index in [1.54, 1.807) is 11.7 Å². The van der Waals surface area contributed by atoms with E-state index in [4.69, 9.17) is 15.2 Å². The number of aromatic amines is 1. The number of H-pyrrole nitrogens is 1. The van der Waals surface area contributed by atoms with Crippen LogP contribution in [0.15, 0.2) is 11.1 Å². The number of nitrogens with one attached hydrogen (secondary N) is 1. The quantitative estimate of drug-likeness (QED) is 0.734. The molecule has 0 amide bonds. The number of aldehydes is 1. The third-order valence-corrected chi connectivity index (χ3v) is 3.57. The number of hydrogen-bond acceptors (Lipinski definition) is 7. The first-order valence-electron chi connectivity index (χ1n) is 6.48. The van der Waals surface area contributed by atoms with E-state index in [0.717, 1.165) is 6.29 Å². The molecule has 3 rings (SSSR count). The summed E-state index contributed by atoms with van der Waals surface area (Å²) in [7, 11) is 1.57. The Balaban J connectivity index is 1.98. The molecule has 0 radical (unpaired) electrons. The van der Waals surface area contributed by atoms with Gasteiger partial charge in [-0.05, 0) is 0 Å². The van der Waals surface area contributed by atoms with Gasteiger partial charge in [-0.25, -0.2) is 4.98 Å². The highest BCUT2D eigenvalue weighted by Crippen LogP contribution is 2.32. The van der Waals surface area contributed by atoms with E-state index >= 15 is 0 Å². The Morgan fingerprint density at radius 1 is 1.67 bits per heavy atom. The minimum absolute atomic E-state index is 0.0139. The summed E-state index contributed by atoms with van der Waals surface area (Å²) in [6, 6.07) is 0. The van der Waals surface area contributed by atoms with Crippen LogP contribution < -0.4 is 11.3 Å². The van der Waals surface area contributed by atoms with Crippen LogP contribution in [0.25, 0.3) is 11.2 Å². The van der Waals surface area contributed by atoms with Gasteiger partial charge in [-0.3, -0.25) is 14.3 Å². The van der Waals surface area contributed by atoms with Crippen molar-refractivity contribution in [2.45, 2.75) is 31.3 Å². The molecule has 21 heavy (non-hydrogen) atoms. The SMILES string of the molecule is COC1CC(n2cnc3c(=O)[nH]c(N)nc32)OC1CC=O. The third kappa shape index (κ3) is 2.30. The maximum absolute atomic E-state index is 11.8. The number of carbonyl (C=O) groups is 1. The number of carbonyl (C=O) groups excluding carboxylic acids is 1. The van der Waals surface area contributed by atoms with Gasteiger partial charge in [0.2, 0.25) is 5.95 Å². The van der Waals surface area contributed by atoms with Gasteiger partial charge in [0.25, 0.3) is 5.56 Å². The van der Waals surface area contributed by atoms with Crippen LogP contribution in [0.1, 0.15) is 19.1 Å². The standard InChI is InChI=1S/C12H15N5O4/c1-20-7-4-8(21-6(7)2-3-18)17-5-14-9-10(17)15-12(13)16-11(9)19/h3,5-8H,2,4H2,1H3,(H3,13,15,16,19). The molecule has 0 saturated carbocycles. The number of nitrogen functional groups attached to an aromatic ring is 1. The normalized spacial score (nSPS) is 25.5. The summed E-state index contributed by atoms with van der Waals surface area (Å²) in [5, 5.41) is 0. The minimum Gasteiger partial charge on any atom is -0.379 e. The Kier molecular flexibility index (Phi) is 3.43. The first-order valence-corrected chi connectivity index (χ1v) is 6.48. The van der Waals surface area contributed by atoms with Gasteiger partial charge in [-0.1, -0.05) is 0 Å². The Labute approximate surface area is 119 Å². The number of fused-ring (bicyclic) bond motifs is 1. The van der Waals surface area contributed by atoms with Gasteiger partial charge in [0, 0.05) is 20.0 Å². The molecule has 2 aromatic heterocycles. The molecule has 112 valence electrons. The molecule has 9 heteroatoms. The van der Waals surface area contributed by atoms with Crippen molar-refractivity contribution < 1.29 is 14.3 Å². The molecule has 9 nitrogen and oxygen atoms in total. The molecule has 0 spiro atoms. The van der Waals surface area contributed by atoms with E-state index < -0.39 is 11.8 Å². The number of anilines is 1. The summed E-state index contributed by atoms with van der Waals surface area (Å²) in [6.45, 7) is 0. The first kappa shape index (κ1) is 13.7. The van der Waals surface area contributed by atoms with Gasteiger partial charge >= 0.3 is 0 Å². The van der Waals surface area contributed by atoms with E-state index in [9.17, 15) is 9.59 Å². The molecule has 1 aliphatic rings. The average Bonchev–Trinajstić information content (AvgIpc) is 3.02. The van der Waals surface area contributed by atoms with Gasteiger partial charge in [-0.15, -0.1) is 0 Å². The third-order valence-electron chi connectivity index (χ3n) is 3.57. The van der Waals surface area contributed by atoms with Gasteiger partial charge in [0.1, 0.15) is 12.5 Å². The second-order valence-corrected chi connectivity index (χ2v) is 4.82. The van der Waals surface area contributed by atoms with Gasteiger partial charge in [-0.2, -0.15) is 4.98 Å². The Morgan fingerprint density at radius 2 is 2.48 bits per heavy atom. The topological polar surface area (TPSA) is 125 Å². The molecular formula is C12H15N5O4. The number of ether oxygens (including phenoxy) is 2. The van der Waals surface area contributed by atoms with Gasteiger partial charge < -0.3 is 20.0 Å². The van der Waals surface area contributed by atoms with Crippen molar-refractivity contribution in [3.8, 4) is 0 Å². The lowest BCUT2D eigenvalue weighted by atomic mass is 10.1. The van der Waals surface area contributed by atoms with Gasteiger partial charge in [0.15, 0.2) is 11.2 Å². The highest BCUT2D eigenvalue weighted by atomic mass is 16.6. The van der Waals surface area contributed by atoms with Crippen molar-refractivity contribution in [2.75, 3.05) is 12.8 Å². The maximum atomic E-state index is 11.8. The number of methoxy groups -OCH3 is 1. The zero-order valence-corrected chi connectivity index (χ0v) is 11.4. The zero-order valence-electron chi connectivity index (χ0n) is 11.4. The van der Waals surface area contributed by atoms with E-state index in [1.807, 2.05) is 0 Å². The van der Waals surface area contributed by atoms with E-state index in [-0.39, 0.29) is 30.1 Å². The van der Waals surface area contributed by atoms with Crippen LogP contribution in [-0.4, -0.2) is 45.1 Å². The molecule has 3 atom stereocenters. The van der Waals surface area contributed by atoms with Crippen LogP contribution in [-0.2, 0) is 14.3 Å². The van der Waals surface area contributed by atoms with Crippen molar-refractivity contribution in [3.63, 3.8) is 0 Å². The molecule has 2 aromatic rings. The number of nitrogens with two attached hydrogens (primary N) is 1. The Morgan fingerprint density at radius 3 is 3.19 bits per heavy atom. The van der Waals surface area contributed by atoms with E-state index in [2.05, 4.69) is 15.0 Å². The average molecular weight is 293 g/mol. The molecule has 1 fully saturated rings. The summed E-state index contributed by atoms with van der Waals surface area (Å²) in [5.74, 6) is 0.0139. The predicted molar refractivity (Wildman–Crippen MR) is 72.6 cm³/mol. The minimum atomic E-state index is -0.404. The summed E-state index contributed by atoms with van der Waals surface area (Å²) >= 11 is 0. The van der Waals surface area contributed by atoms with Crippen LogP contribution >= 0.6 is 0 Å². The molecule has 3 unspecified atom stereocenters. The number of imidazole rings is 1. The second-order valence-electron chi connectivity index (χ2n) is 4.82. The molecule has 0 aliphatic carbocycles. The summed E-state index contributed by atoms with van der Waals surface area (Å²) in [5.41, 5.74) is 5.70. The van der Waals surface area contributed by atoms with Crippen LogP contribution in [0.3, 0.4) is 0 Å². The molecule has 3 N–H and O–H groups in total. The monoisotopic (exact) mass is 293 g/mol. The lowest BCUT2D eigenvalue weighted by Gasteiger charge is -2.14. The fraction of sp³-hybridized carbons (Fsp3) is 0.500. The Hall–Kier alpha value is -2.26. The van der Waals surface area contributed by atoms with Crippen molar-refractivity contribution in [3.05, 3.63) is 16.7 Å². The van der Waals surface area contributed by atoms with Crippen LogP contribution in [0, 0.1) is 0 Å². The van der Waals surface area contributed by atoms with Crippen molar-refractivity contribution in [1.82, 2.24) is 19.5 Å². The maximum Gasteiger partial charge on any atom is 0.280 e. The smallest absolute Gasteiger partial charge is 0.280 e. The lowest BCUT2D eigenvalue weighted by molar-refractivity contribution is -0.112. The zero-order chi connectivity index (χ0) is 15.0. The van der Waals surface area contributed by atoms with E-state index in [0.29, 0.717) is 12.1 Å². The van der Waals surface area contributed by atoms with E-state index in [1.165, 1.54) is 6.33 Å². The fourth-order valence-electron chi connectivity index (χ4n) is 2.58. The lowest BCUT2D eigenvalue weighted by Crippen LogP contribution is -2.23. The summed E-state index contributed by atoms with van der Waals surface area (Å²) in [6.07, 6.45) is 2.14. The second kappa shape index (κ2) is 5.26.